The highest BCUT2D eigenvalue weighted by Crippen LogP contribution is 2.40. The number of benzene rings is 1. The molecule has 1 aliphatic carbocycles. The quantitative estimate of drug-likeness (QED) is 0.396. The number of amides is 1. The molecule has 1 amide bonds. The van der Waals surface area contributed by atoms with Crippen molar-refractivity contribution in [2.75, 3.05) is 63.1 Å². The highest BCUT2D eigenvalue weighted by molar-refractivity contribution is 7.88. The summed E-state index contributed by atoms with van der Waals surface area (Å²) < 4.78 is 31.9. The molecule has 0 spiro atoms. The predicted molar refractivity (Wildman–Crippen MR) is 159 cm³/mol. The molecule has 0 fully saturated rings. The number of likely N-dealkylation sites (N-methyl/N-ethyl adjacent to an activating group) is 2. The first kappa shape index (κ1) is 28.8. The molecule has 0 radical (unpaired) electrons. The van der Waals surface area contributed by atoms with Crippen molar-refractivity contribution in [3.05, 3.63) is 73.2 Å². The fraction of sp³-hybridized carbons (Fsp3) is 0.321. The van der Waals surface area contributed by atoms with Gasteiger partial charge in [0.15, 0.2) is 0 Å². The van der Waals surface area contributed by atoms with Crippen molar-refractivity contribution in [3.63, 3.8) is 0 Å². The van der Waals surface area contributed by atoms with Gasteiger partial charge in [-0.2, -0.15) is 0 Å². The van der Waals surface area contributed by atoms with Gasteiger partial charge in [0, 0.05) is 50.1 Å². The zero-order chi connectivity index (χ0) is 29.0. The number of nitrogens with zero attached hydrogens (tertiary/aromatic N) is 5. The molecule has 0 saturated carbocycles. The summed E-state index contributed by atoms with van der Waals surface area (Å²) in [6.07, 6.45) is 13.3. The molecule has 40 heavy (non-hydrogen) atoms. The first-order valence-corrected chi connectivity index (χ1v) is 14.5. The minimum atomic E-state index is -3.47. The number of fused-ring (bicyclic) bond motifs is 1. The van der Waals surface area contributed by atoms with E-state index in [0.717, 1.165) is 24.4 Å². The third kappa shape index (κ3) is 6.35. The first-order chi connectivity index (χ1) is 19.0. The lowest BCUT2D eigenvalue weighted by Gasteiger charge is -2.26. The lowest BCUT2D eigenvalue weighted by Crippen LogP contribution is -2.34. The van der Waals surface area contributed by atoms with Gasteiger partial charge >= 0.3 is 0 Å². The summed E-state index contributed by atoms with van der Waals surface area (Å²) in [5.41, 5.74) is 3.24. The van der Waals surface area contributed by atoms with Crippen LogP contribution in [0.15, 0.2) is 67.6 Å². The van der Waals surface area contributed by atoms with Crippen LogP contribution in [0, 0.1) is 5.92 Å². The third-order valence-electron chi connectivity index (χ3n) is 6.66. The van der Waals surface area contributed by atoms with E-state index < -0.39 is 10.0 Å². The molecule has 2 aliphatic rings. The Labute approximate surface area is 235 Å². The zero-order valence-corrected chi connectivity index (χ0v) is 24.1. The molecular weight excluding hydrogens is 530 g/mol. The van der Waals surface area contributed by atoms with Crippen LogP contribution < -0.4 is 20.3 Å². The van der Waals surface area contributed by atoms with Crippen molar-refractivity contribution in [1.29, 1.82) is 0 Å². The van der Waals surface area contributed by atoms with Gasteiger partial charge in [-0.25, -0.2) is 18.4 Å². The average Bonchev–Trinajstić information content (AvgIpc) is 3.32. The highest BCUT2D eigenvalue weighted by atomic mass is 32.2. The minimum absolute atomic E-state index is 0.172. The predicted octanol–water partition coefficient (Wildman–Crippen LogP) is 3.08. The monoisotopic (exact) mass is 565 g/mol. The van der Waals surface area contributed by atoms with Gasteiger partial charge in [-0.15, -0.1) is 0 Å². The molecule has 2 heterocycles. The van der Waals surface area contributed by atoms with Crippen LogP contribution >= 0.6 is 0 Å². The summed E-state index contributed by atoms with van der Waals surface area (Å²) in [5.74, 6) is 0.302. The molecular formula is C28H35N7O4S. The lowest BCUT2D eigenvalue weighted by molar-refractivity contribution is -0.111. The number of carbonyl (C=O) groups is 1. The summed E-state index contributed by atoms with van der Waals surface area (Å²) in [6, 6.07) is 5.02. The van der Waals surface area contributed by atoms with Crippen LogP contribution in [0.1, 0.15) is 5.69 Å². The zero-order valence-electron chi connectivity index (χ0n) is 23.3. The molecule has 11 nitrogen and oxygen atoms in total. The maximum Gasteiger partial charge on any atom is 0.247 e. The van der Waals surface area contributed by atoms with Crippen molar-refractivity contribution in [2.45, 2.75) is 6.04 Å². The van der Waals surface area contributed by atoms with E-state index in [4.69, 9.17) is 9.72 Å². The van der Waals surface area contributed by atoms with Crippen molar-refractivity contribution in [2.24, 2.45) is 5.92 Å². The van der Waals surface area contributed by atoms with Crippen LogP contribution in [-0.2, 0) is 14.8 Å². The molecule has 2 atom stereocenters. The molecule has 0 bridgehead atoms. The van der Waals surface area contributed by atoms with Gasteiger partial charge in [0.1, 0.15) is 5.75 Å². The second-order valence-corrected chi connectivity index (χ2v) is 11.7. The molecule has 212 valence electrons. The van der Waals surface area contributed by atoms with E-state index in [9.17, 15) is 13.2 Å². The molecule has 2 N–H and O–H groups in total. The molecule has 2 aromatic rings. The Kier molecular flexibility index (Phi) is 8.60. The Morgan fingerprint density at radius 2 is 1.93 bits per heavy atom. The molecule has 2 unspecified atom stereocenters. The smallest absolute Gasteiger partial charge is 0.247 e. The van der Waals surface area contributed by atoms with Crippen LogP contribution in [-0.4, -0.2) is 87.1 Å². The van der Waals surface area contributed by atoms with Crippen molar-refractivity contribution in [1.82, 2.24) is 19.2 Å². The van der Waals surface area contributed by atoms with E-state index in [1.165, 1.54) is 16.6 Å². The number of ether oxygens (including phenoxy) is 1. The van der Waals surface area contributed by atoms with Crippen LogP contribution in [0.5, 0.6) is 5.75 Å². The Morgan fingerprint density at radius 1 is 1.18 bits per heavy atom. The number of hydrogen-bond donors (Lipinski definition) is 2. The van der Waals surface area contributed by atoms with Crippen molar-refractivity contribution in [3.8, 4) is 5.75 Å². The van der Waals surface area contributed by atoms with Gasteiger partial charge in [0.05, 0.1) is 42.2 Å². The Balaban J connectivity index is 1.69. The normalized spacial score (nSPS) is 17.9. The molecule has 4 rings (SSSR count). The summed E-state index contributed by atoms with van der Waals surface area (Å²) in [7, 11) is 4.03. The van der Waals surface area contributed by atoms with E-state index in [-0.39, 0.29) is 23.8 Å². The second kappa shape index (κ2) is 11.9. The van der Waals surface area contributed by atoms with Gasteiger partial charge in [0.2, 0.25) is 21.9 Å². The summed E-state index contributed by atoms with van der Waals surface area (Å²) in [5, 5.41) is 6.08. The fourth-order valence-electron chi connectivity index (χ4n) is 4.60. The van der Waals surface area contributed by atoms with Crippen LogP contribution in [0.25, 0.3) is 5.57 Å². The Bertz CT molecular complexity index is 1480. The van der Waals surface area contributed by atoms with E-state index in [1.54, 1.807) is 31.6 Å². The Morgan fingerprint density at radius 3 is 2.60 bits per heavy atom. The maximum atomic E-state index is 12.4. The standard InChI is InChI=1S/C28H35N7O4S/c1-7-27(36)30-22-16-23(26(39-5)17-25(22)34(4)15-14-33(2)3)32-28-29-13-12-21(31-28)20-18-35(40(6,37)38)24-11-9-8-10-19(20)24/h7-13,16-19,24H,1,14-15H2,2-6H3,(H,30,36)(H,29,31,32). The van der Waals surface area contributed by atoms with Gasteiger partial charge in [0.25, 0.3) is 0 Å². The number of carbonyl (C=O) groups excluding carboxylic acids is 1. The third-order valence-corrected chi connectivity index (χ3v) is 7.78. The molecule has 12 heteroatoms. The highest BCUT2D eigenvalue weighted by Gasteiger charge is 2.38. The number of rotatable bonds is 11. The van der Waals surface area contributed by atoms with Gasteiger partial charge < -0.3 is 25.2 Å². The largest absolute Gasteiger partial charge is 0.494 e. The van der Waals surface area contributed by atoms with E-state index in [0.29, 0.717) is 22.8 Å². The fourth-order valence-corrected chi connectivity index (χ4v) is 5.54. The number of aromatic nitrogens is 2. The maximum absolute atomic E-state index is 12.4. The second-order valence-electron chi connectivity index (χ2n) is 9.84. The minimum Gasteiger partial charge on any atom is -0.494 e. The SMILES string of the molecule is C=CC(=O)Nc1cc(Nc2nccc(C3=CN(S(C)(=O)=O)C4C=CC=CC34)n2)c(OC)cc1N(C)CCN(C)C. The first-order valence-electron chi connectivity index (χ1n) is 12.7. The van der Waals surface area contributed by atoms with E-state index >= 15 is 0 Å². The summed E-state index contributed by atoms with van der Waals surface area (Å²) in [6.45, 7) is 5.10. The number of anilines is 4. The van der Waals surface area contributed by atoms with Crippen LogP contribution in [0.2, 0.25) is 0 Å². The number of nitrogens with one attached hydrogen (secondary N) is 2. The number of methoxy groups -OCH3 is 1. The molecule has 1 aliphatic heterocycles. The average molecular weight is 566 g/mol. The molecule has 1 aromatic carbocycles. The Hall–Kier alpha value is -4.16. The molecule has 1 aromatic heterocycles. The van der Waals surface area contributed by atoms with Gasteiger partial charge in [-0.3, -0.25) is 9.10 Å². The van der Waals surface area contributed by atoms with Crippen molar-refractivity contribution < 1.29 is 17.9 Å². The number of hydrogen-bond acceptors (Lipinski definition) is 9. The van der Waals surface area contributed by atoms with Crippen molar-refractivity contribution >= 4 is 44.5 Å². The summed E-state index contributed by atoms with van der Waals surface area (Å²) in [4.78, 5) is 25.4. The van der Waals surface area contributed by atoms with Gasteiger partial charge in [-0.05, 0) is 32.3 Å². The van der Waals surface area contributed by atoms with Crippen LogP contribution in [0.4, 0.5) is 23.0 Å². The number of allylic oxidation sites excluding steroid dienone is 2. The summed E-state index contributed by atoms with van der Waals surface area (Å²) >= 11 is 0. The topological polar surface area (TPSA) is 120 Å². The van der Waals surface area contributed by atoms with E-state index in [2.05, 4.69) is 27.1 Å². The van der Waals surface area contributed by atoms with Gasteiger partial charge in [-0.1, -0.05) is 30.9 Å². The lowest BCUT2D eigenvalue weighted by atomic mass is 9.90. The van der Waals surface area contributed by atoms with E-state index in [1.807, 2.05) is 56.4 Å². The molecule has 0 saturated heterocycles. The number of sulfonamides is 1. The van der Waals surface area contributed by atoms with Crippen LogP contribution in [0.3, 0.4) is 0 Å².